The minimum absolute atomic E-state index is 0.135. The van der Waals surface area contributed by atoms with Crippen LogP contribution in [0.1, 0.15) is 44.3 Å². The fourth-order valence-corrected chi connectivity index (χ4v) is 4.25. The second kappa shape index (κ2) is 9.36. The Hall–Kier alpha value is -1.61. The molecule has 2 saturated heterocycles. The van der Waals surface area contributed by atoms with Crippen molar-refractivity contribution in [3.8, 4) is 0 Å². The number of amides is 2. The van der Waals surface area contributed by atoms with Crippen LogP contribution in [0.4, 0.5) is 0 Å². The second-order valence-electron chi connectivity index (χ2n) is 6.84. The molecule has 2 aliphatic rings. The highest BCUT2D eigenvalue weighted by molar-refractivity contribution is 7.99. The van der Waals surface area contributed by atoms with Crippen molar-refractivity contribution in [3.05, 3.63) is 5.82 Å². The summed E-state index contributed by atoms with van der Waals surface area (Å²) in [5.74, 6) is 0.887. The van der Waals surface area contributed by atoms with Crippen molar-refractivity contribution in [1.82, 2.24) is 19.7 Å². The summed E-state index contributed by atoms with van der Waals surface area (Å²) >= 11 is 1.41. The van der Waals surface area contributed by atoms with Crippen LogP contribution >= 0.6 is 11.8 Å². The van der Waals surface area contributed by atoms with Gasteiger partial charge in [-0.05, 0) is 32.1 Å². The molecule has 2 fully saturated rings. The highest BCUT2D eigenvalue weighted by atomic mass is 32.2. The van der Waals surface area contributed by atoms with E-state index in [0.717, 1.165) is 51.2 Å². The van der Waals surface area contributed by atoms with Crippen LogP contribution in [-0.2, 0) is 27.3 Å². The van der Waals surface area contributed by atoms with Gasteiger partial charge in [0.05, 0.1) is 18.4 Å². The van der Waals surface area contributed by atoms with Crippen LogP contribution < -0.4 is 5.73 Å². The molecule has 0 spiro atoms. The van der Waals surface area contributed by atoms with E-state index < -0.39 is 0 Å². The summed E-state index contributed by atoms with van der Waals surface area (Å²) in [6.07, 6.45) is 6.26. The third-order valence-corrected chi connectivity index (χ3v) is 5.78. The maximum absolute atomic E-state index is 12.4. The minimum atomic E-state index is -0.355. The smallest absolute Gasteiger partial charge is 0.233 e. The summed E-state index contributed by atoms with van der Waals surface area (Å²) in [6, 6.07) is 0. The van der Waals surface area contributed by atoms with Crippen LogP contribution in [-0.4, -0.2) is 63.0 Å². The Balaban J connectivity index is 1.64. The molecule has 2 amide bonds. The molecule has 1 atom stereocenters. The van der Waals surface area contributed by atoms with Gasteiger partial charge >= 0.3 is 0 Å². The minimum Gasteiger partial charge on any atom is -0.376 e. The Labute approximate surface area is 157 Å². The molecule has 3 rings (SSSR count). The molecule has 144 valence electrons. The van der Waals surface area contributed by atoms with Crippen molar-refractivity contribution < 1.29 is 14.3 Å². The van der Waals surface area contributed by atoms with Gasteiger partial charge in [0.2, 0.25) is 11.8 Å². The fraction of sp³-hybridized carbons (Fsp3) is 0.765. The average molecular weight is 382 g/mol. The van der Waals surface area contributed by atoms with Gasteiger partial charge in [-0.2, -0.15) is 0 Å². The van der Waals surface area contributed by atoms with Gasteiger partial charge in [0.25, 0.3) is 0 Å². The Morgan fingerprint density at radius 1 is 1.19 bits per heavy atom. The Morgan fingerprint density at radius 2 is 2.00 bits per heavy atom. The number of primary amides is 1. The number of likely N-dealkylation sites (tertiary alicyclic amines) is 1. The first-order valence-electron chi connectivity index (χ1n) is 9.36. The van der Waals surface area contributed by atoms with E-state index in [4.69, 9.17) is 10.5 Å². The van der Waals surface area contributed by atoms with Crippen molar-refractivity contribution >= 4 is 23.6 Å². The van der Waals surface area contributed by atoms with Gasteiger partial charge in [-0.25, -0.2) is 0 Å². The zero-order valence-electron chi connectivity index (χ0n) is 15.1. The maximum atomic E-state index is 12.4. The zero-order chi connectivity index (χ0) is 18.4. The van der Waals surface area contributed by atoms with E-state index in [2.05, 4.69) is 10.2 Å². The van der Waals surface area contributed by atoms with Crippen molar-refractivity contribution in [3.63, 3.8) is 0 Å². The lowest BCUT2D eigenvalue weighted by atomic mass is 10.1. The number of carbonyl (C=O) groups is 2. The highest BCUT2D eigenvalue weighted by Crippen LogP contribution is 2.23. The Kier molecular flexibility index (Phi) is 6.90. The fourth-order valence-electron chi connectivity index (χ4n) is 3.38. The van der Waals surface area contributed by atoms with Gasteiger partial charge in [0.1, 0.15) is 5.82 Å². The summed E-state index contributed by atoms with van der Waals surface area (Å²) in [7, 11) is 0. The van der Waals surface area contributed by atoms with E-state index in [1.165, 1.54) is 18.2 Å². The zero-order valence-corrected chi connectivity index (χ0v) is 15.9. The molecule has 8 nitrogen and oxygen atoms in total. The molecule has 0 bridgehead atoms. The third kappa shape index (κ3) is 5.20. The molecule has 0 radical (unpaired) electrons. The van der Waals surface area contributed by atoms with E-state index in [9.17, 15) is 9.59 Å². The van der Waals surface area contributed by atoms with Crippen LogP contribution in [0.25, 0.3) is 0 Å². The SMILES string of the molecule is NC(=O)CCc1nnc(SCC(=O)N2CCCCC2)n1C[C@H]1CCCO1. The van der Waals surface area contributed by atoms with E-state index in [1.807, 2.05) is 9.47 Å². The van der Waals surface area contributed by atoms with Crippen molar-refractivity contribution in [2.24, 2.45) is 5.73 Å². The molecular formula is C17H27N5O3S. The quantitative estimate of drug-likeness (QED) is 0.673. The second-order valence-corrected chi connectivity index (χ2v) is 7.78. The van der Waals surface area contributed by atoms with E-state index in [0.29, 0.717) is 23.9 Å². The molecule has 0 aromatic carbocycles. The van der Waals surface area contributed by atoms with Crippen LogP contribution in [0.5, 0.6) is 0 Å². The van der Waals surface area contributed by atoms with Gasteiger partial charge in [0, 0.05) is 32.5 Å². The molecule has 0 aliphatic carbocycles. The van der Waals surface area contributed by atoms with Crippen molar-refractivity contribution in [2.45, 2.75) is 62.8 Å². The average Bonchev–Trinajstić information content (AvgIpc) is 3.29. The molecule has 0 saturated carbocycles. The van der Waals surface area contributed by atoms with Crippen molar-refractivity contribution in [1.29, 1.82) is 0 Å². The van der Waals surface area contributed by atoms with Crippen LogP contribution in [0.15, 0.2) is 5.16 Å². The standard InChI is InChI=1S/C17H27N5O3S/c18-14(23)6-7-15-19-20-17(22(15)11-13-5-4-10-25-13)26-12-16(24)21-8-2-1-3-9-21/h13H,1-12H2,(H2,18,23)/t13-/m1/s1. The number of hydrogen-bond acceptors (Lipinski definition) is 6. The Morgan fingerprint density at radius 3 is 2.69 bits per heavy atom. The van der Waals surface area contributed by atoms with E-state index >= 15 is 0 Å². The molecule has 26 heavy (non-hydrogen) atoms. The molecule has 2 N–H and O–H groups in total. The normalized spacial score (nSPS) is 20.5. The first-order valence-corrected chi connectivity index (χ1v) is 10.3. The van der Waals surface area contributed by atoms with E-state index in [1.54, 1.807) is 0 Å². The molecule has 0 unspecified atom stereocenters. The number of carbonyl (C=O) groups excluding carboxylic acids is 2. The summed E-state index contributed by atoms with van der Waals surface area (Å²) in [6.45, 7) is 3.14. The first kappa shape index (κ1) is 19.2. The molecule has 9 heteroatoms. The predicted molar refractivity (Wildman–Crippen MR) is 97.7 cm³/mol. The molecular weight excluding hydrogens is 354 g/mol. The largest absolute Gasteiger partial charge is 0.376 e. The first-order chi connectivity index (χ1) is 12.6. The number of thioether (sulfide) groups is 1. The number of aryl methyl sites for hydroxylation is 1. The maximum Gasteiger partial charge on any atom is 0.233 e. The lowest BCUT2D eigenvalue weighted by molar-refractivity contribution is -0.129. The summed E-state index contributed by atoms with van der Waals surface area (Å²) in [5, 5.41) is 9.19. The predicted octanol–water partition coefficient (Wildman–Crippen LogP) is 0.980. The van der Waals surface area contributed by atoms with Gasteiger partial charge in [-0.1, -0.05) is 11.8 Å². The number of nitrogens with zero attached hydrogens (tertiary/aromatic N) is 4. The molecule has 1 aromatic heterocycles. The Bertz CT molecular complexity index is 624. The van der Waals surface area contributed by atoms with Crippen molar-refractivity contribution in [2.75, 3.05) is 25.4 Å². The number of nitrogens with two attached hydrogens (primary N) is 1. The molecule has 1 aromatic rings. The van der Waals surface area contributed by atoms with Gasteiger partial charge in [-0.3, -0.25) is 9.59 Å². The van der Waals surface area contributed by atoms with E-state index in [-0.39, 0.29) is 24.3 Å². The topological polar surface area (TPSA) is 103 Å². The number of piperidine rings is 1. The number of aromatic nitrogens is 3. The van der Waals surface area contributed by atoms with Crippen LogP contribution in [0.2, 0.25) is 0 Å². The van der Waals surface area contributed by atoms with Crippen LogP contribution in [0.3, 0.4) is 0 Å². The van der Waals surface area contributed by atoms with Gasteiger partial charge < -0.3 is 19.9 Å². The number of hydrogen-bond donors (Lipinski definition) is 1. The number of rotatable bonds is 8. The molecule has 3 heterocycles. The summed E-state index contributed by atoms with van der Waals surface area (Å²) in [4.78, 5) is 25.5. The lowest BCUT2D eigenvalue weighted by Gasteiger charge is -2.26. The lowest BCUT2D eigenvalue weighted by Crippen LogP contribution is -2.36. The summed E-state index contributed by atoms with van der Waals surface area (Å²) < 4.78 is 7.72. The van der Waals surface area contributed by atoms with Gasteiger partial charge in [-0.15, -0.1) is 10.2 Å². The van der Waals surface area contributed by atoms with Gasteiger partial charge in [0.15, 0.2) is 5.16 Å². The monoisotopic (exact) mass is 381 g/mol. The third-order valence-electron chi connectivity index (χ3n) is 4.83. The molecule has 2 aliphatic heterocycles. The summed E-state index contributed by atoms with van der Waals surface area (Å²) in [5.41, 5.74) is 5.27. The van der Waals surface area contributed by atoms with Crippen LogP contribution in [0, 0.1) is 0 Å². The number of ether oxygens (including phenoxy) is 1. The highest BCUT2D eigenvalue weighted by Gasteiger charge is 2.23.